The van der Waals surface area contributed by atoms with Crippen LogP contribution in [0.15, 0.2) is 54.6 Å². The third-order valence-electron chi connectivity index (χ3n) is 5.37. The molecule has 1 aliphatic carbocycles. The number of nitrogens with zero attached hydrogens (tertiary/aromatic N) is 1. The number of halogens is 1. The number of nitrogens with one attached hydrogen (secondary N) is 1. The van der Waals surface area contributed by atoms with E-state index in [-0.39, 0.29) is 5.82 Å². The Labute approximate surface area is 143 Å². The number of hydrogen-bond acceptors (Lipinski definition) is 2. The van der Waals surface area contributed by atoms with Crippen molar-refractivity contribution < 1.29 is 4.39 Å². The van der Waals surface area contributed by atoms with Crippen molar-refractivity contribution in [2.24, 2.45) is 0 Å². The van der Waals surface area contributed by atoms with E-state index >= 15 is 0 Å². The Bertz CT molecular complexity index is 647. The average molecular weight is 324 g/mol. The largest absolute Gasteiger partial charge is 0.311 e. The normalized spacial score (nSPS) is 24.9. The summed E-state index contributed by atoms with van der Waals surface area (Å²) < 4.78 is 13.0. The molecule has 0 radical (unpaired) electrons. The summed E-state index contributed by atoms with van der Waals surface area (Å²) >= 11 is 0. The van der Waals surface area contributed by atoms with Crippen LogP contribution in [0.2, 0.25) is 0 Å². The highest BCUT2D eigenvalue weighted by molar-refractivity contribution is 5.27. The van der Waals surface area contributed by atoms with Crippen molar-refractivity contribution in [2.75, 3.05) is 13.1 Å². The van der Waals surface area contributed by atoms with E-state index in [4.69, 9.17) is 0 Å². The van der Waals surface area contributed by atoms with E-state index in [9.17, 15) is 4.39 Å². The summed E-state index contributed by atoms with van der Waals surface area (Å²) in [6.45, 7) is 3.18. The molecular formula is C21H25FN2. The fourth-order valence-electron chi connectivity index (χ4n) is 3.86. The van der Waals surface area contributed by atoms with Crippen LogP contribution < -0.4 is 5.32 Å². The molecule has 2 aliphatic rings. The Hall–Kier alpha value is -1.71. The van der Waals surface area contributed by atoms with E-state index < -0.39 is 0 Å². The molecule has 2 unspecified atom stereocenters. The lowest BCUT2D eigenvalue weighted by Crippen LogP contribution is -2.43. The molecule has 2 aromatic carbocycles. The summed E-state index contributed by atoms with van der Waals surface area (Å²) in [7, 11) is 0. The van der Waals surface area contributed by atoms with Crippen molar-refractivity contribution in [1.29, 1.82) is 0 Å². The molecule has 2 aromatic rings. The highest BCUT2D eigenvalue weighted by atomic mass is 19.1. The second-order valence-corrected chi connectivity index (χ2v) is 7.20. The second-order valence-electron chi connectivity index (χ2n) is 7.20. The fourth-order valence-corrected chi connectivity index (χ4v) is 3.86. The number of hydrogen-bond donors (Lipinski definition) is 1. The van der Waals surface area contributed by atoms with Gasteiger partial charge >= 0.3 is 0 Å². The standard InChI is InChI=1S/C21H25FN2/c22-18-8-6-16(7-9-18)15-24-12-10-19(11-13-24)23-21-14-20(21)17-4-2-1-3-5-17/h1-9,19-21,23H,10-15H2. The first-order valence-electron chi connectivity index (χ1n) is 9.06. The minimum Gasteiger partial charge on any atom is -0.311 e. The van der Waals surface area contributed by atoms with Crippen LogP contribution in [0, 0.1) is 5.82 Å². The minimum absolute atomic E-state index is 0.154. The topological polar surface area (TPSA) is 15.3 Å². The zero-order valence-corrected chi connectivity index (χ0v) is 14.0. The first-order valence-corrected chi connectivity index (χ1v) is 9.06. The van der Waals surface area contributed by atoms with Crippen LogP contribution in [0.5, 0.6) is 0 Å². The zero-order valence-electron chi connectivity index (χ0n) is 14.0. The van der Waals surface area contributed by atoms with Crippen molar-refractivity contribution in [3.8, 4) is 0 Å². The molecule has 126 valence electrons. The molecule has 1 saturated heterocycles. The maximum Gasteiger partial charge on any atom is 0.123 e. The summed E-state index contributed by atoms with van der Waals surface area (Å²) in [6.07, 6.45) is 3.69. The number of benzene rings is 2. The molecule has 1 saturated carbocycles. The summed E-state index contributed by atoms with van der Waals surface area (Å²) in [6, 6.07) is 19.1. The lowest BCUT2D eigenvalue weighted by Gasteiger charge is -2.32. The van der Waals surface area contributed by atoms with Gasteiger partial charge in [0, 0.05) is 24.5 Å². The maximum absolute atomic E-state index is 13.0. The van der Waals surface area contributed by atoms with Gasteiger partial charge in [-0.3, -0.25) is 4.90 Å². The Kier molecular flexibility index (Phi) is 4.63. The van der Waals surface area contributed by atoms with Gasteiger partial charge in [0.25, 0.3) is 0 Å². The molecule has 1 aliphatic heterocycles. The van der Waals surface area contributed by atoms with Gasteiger partial charge in [0.1, 0.15) is 5.82 Å². The van der Waals surface area contributed by atoms with Crippen LogP contribution in [0.3, 0.4) is 0 Å². The molecule has 0 amide bonds. The van der Waals surface area contributed by atoms with Gasteiger partial charge in [-0.2, -0.15) is 0 Å². The molecule has 24 heavy (non-hydrogen) atoms. The van der Waals surface area contributed by atoms with Crippen LogP contribution in [0.1, 0.15) is 36.3 Å². The number of piperidine rings is 1. The monoisotopic (exact) mass is 324 g/mol. The Morgan fingerprint density at radius 2 is 1.67 bits per heavy atom. The average Bonchev–Trinajstić information content (AvgIpc) is 3.39. The van der Waals surface area contributed by atoms with Crippen LogP contribution in [-0.4, -0.2) is 30.1 Å². The quantitative estimate of drug-likeness (QED) is 0.896. The lowest BCUT2D eigenvalue weighted by molar-refractivity contribution is 0.189. The zero-order chi connectivity index (χ0) is 16.4. The predicted molar refractivity (Wildman–Crippen MR) is 95.4 cm³/mol. The van der Waals surface area contributed by atoms with Gasteiger partial charge in [-0.1, -0.05) is 42.5 Å². The molecule has 1 heterocycles. The van der Waals surface area contributed by atoms with Crippen LogP contribution in [-0.2, 0) is 6.54 Å². The van der Waals surface area contributed by atoms with Gasteiger partial charge in [-0.05, 0) is 55.6 Å². The predicted octanol–water partition coefficient (Wildman–Crippen LogP) is 3.94. The molecule has 0 spiro atoms. The van der Waals surface area contributed by atoms with Gasteiger partial charge in [0.05, 0.1) is 0 Å². The first kappa shape index (κ1) is 15.8. The smallest absolute Gasteiger partial charge is 0.123 e. The molecule has 1 N–H and O–H groups in total. The Morgan fingerprint density at radius 3 is 2.38 bits per heavy atom. The van der Waals surface area contributed by atoms with E-state index in [0.29, 0.717) is 18.0 Å². The van der Waals surface area contributed by atoms with Crippen molar-refractivity contribution in [1.82, 2.24) is 10.2 Å². The van der Waals surface area contributed by atoms with Crippen LogP contribution in [0.25, 0.3) is 0 Å². The van der Waals surface area contributed by atoms with Crippen molar-refractivity contribution >= 4 is 0 Å². The molecule has 2 nitrogen and oxygen atoms in total. The van der Waals surface area contributed by atoms with Crippen molar-refractivity contribution in [3.05, 3.63) is 71.5 Å². The van der Waals surface area contributed by atoms with E-state index in [1.807, 2.05) is 12.1 Å². The Balaban J connectivity index is 1.22. The minimum atomic E-state index is -0.154. The van der Waals surface area contributed by atoms with Gasteiger partial charge in [0.15, 0.2) is 0 Å². The molecule has 0 bridgehead atoms. The fraction of sp³-hybridized carbons (Fsp3) is 0.429. The van der Waals surface area contributed by atoms with Gasteiger partial charge in [-0.15, -0.1) is 0 Å². The molecule has 0 aromatic heterocycles. The summed E-state index contributed by atoms with van der Waals surface area (Å²) in [5.74, 6) is 0.558. The van der Waals surface area contributed by atoms with E-state index in [2.05, 4.69) is 40.5 Å². The second kappa shape index (κ2) is 7.04. The van der Waals surface area contributed by atoms with Gasteiger partial charge in [0.2, 0.25) is 0 Å². The third-order valence-corrected chi connectivity index (χ3v) is 5.37. The third kappa shape index (κ3) is 3.85. The summed E-state index contributed by atoms with van der Waals surface area (Å²) in [5.41, 5.74) is 2.68. The molecule has 2 fully saturated rings. The maximum atomic E-state index is 13.0. The van der Waals surface area contributed by atoms with Gasteiger partial charge in [-0.25, -0.2) is 4.39 Å². The molecule has 4 rings (SSSR count). The van der Waals surface area contributed by atoms with E-state index in [1.165, 1.54) is 30.4 Å². The Morgan fingerprint density at radius 1 is 0.958 bits per heavy atom. The molecule has 2 atom stereocenters. The highest BCUT2D eigenvalue weighted by Crippen LogP contribution is 2.41. The van der Waals surface area contributed by atoms with Crippen LogP contribution in [0.4, 0.5) is 4.39 Å². The highest BCUT2D eigenvalue weighted by Gasteiger charge is 2.39. The summed E-state index contributed by atoms with van der Waals surface area (Å²) in [4.78, 5) is 2.48. The first-order chi connectivity index (χ1) is 11.8. The van der Waals surface area contributed by atoms with Gasteiger partial charge < -0.3 is 5.32 Å². The number of likely N-dealkylation sites (tertiary alicyclic amines) is 1. The van der Waals surface area contributed by atoms with Crippen molar-refractivity contribution in [2.45, 2.75) is 43.8 Å². The number of rotatable bonds is 5. The van der Waals surface area contributed by atoms with Crippen molar-refractivity contribution in [3.63, 3.8) is 0 Å². The van der Waals surface area contributed by atoms with E-state index in [0.717, 1.165) is 19.6 Å². The SMILES string of the molecule is Fc1ccc(CN2CCC(NC3CC3c3ccccc3)CC2)cc1. The molecule has 3 heteroatoms. The summed E-state index contributed by atoms with van der Waals surface area (Å²) in [5, 5.41) is 3.86. The lowest BCUT2D eigenvalue weighted by atomic mass is 10.0. The van der Waals surface area contributed by atoms with E-state index in [1.54, 1.807) is 12.1 Å². The van der Waals surface area contributed by atoms with Crippen LogP contribution >= 0.6 is 0 Å². The molecular weight excluding hydrogens is 299 g/mol.